The smallest absolute Gasteiger partial charge is 0.144 e. The van der Waals surface area contributed by atoms with Crippen molar-refractivity contribution in [3.63, 3.8) is 0 Å². The van der Waals surface area contributed by atoms with Gasteiger partial charge >= 0.3 is 0 Å². The van der Waals surface area contributed by atoms with Gasteiger partial charge in [0.05, 0.1) is 6.20 Å². The third-order valence-electron chi connectivity index (χ3n) is 2.31. The van der Waals surface area contributed by atoms with E-state index >= 15 is 0 Å². The fourth-order valence-electron chi connectivity index (χ4n) is 1.42. The molecule has 84 valence electrons. The summed E-state index contributed by atoms with van der Waals surface area (Å²) in [6, 6.07) is 6.11. The molecule has 3 nitrogen and oxygen atoms in total. The Kier molecular flexibility index (Phi) is 4.07. The molecule has 2 heterocycles. The predicted molar refractivity (Wildman–Crippen MR) is 65.3 cm³/mol. The van der Waals surface area contributed by atoms with Crippen LogP contribution in [0.4, 0.5) is 0 Å². The summed E-state index contributed by atoms with van der Waals surface area (Å²) in [6.07, 6.45) is 3.57. The molecule has 2 aromatic heterocycles. The van der Waals surface area contributed by atoms with Crippen LogP contribution in [-0.4, -0.2) is 9.38 Å². The van der Waals surface area contributed by atoms with Gasteiger partial charge in [0.2, 0.25) is 0 Å². The summed E-state index contributed by atoms with van der Waals surface area (Å²) in [5.41, 5.74) is 2.63. The zero-order chi connectivity index (χ0) is 12.1. The Labute approximate surface area is 96.4 Å². The maximum Gasteiger partial charge on any atom is 0.144 e. The molecule has 0 atom stereocenters. The molecule has 0 unspecified atom stereocenters. The minimum Gasteiger partial charge on any atom is -0.291 e. The van der Waals surface area contributed by atoms with E-state index in [1.54, 1.807) is 6.20 Å². The van der Waals surface area contributed by atoms with E-state index in [1.807, 2.05) is 36.6 Å². The molecule has 0 fully saturated rings. The minimum atomic E-state index is 0.466. The molecule has 0 aliphatic rings. The van der Waals surface area contributed by atoms with Crippen LogP contribution in [0.2, 0.25) is 0 Å². The average Bonchev–Trinajstić information content (AvgIpc) is 2.73. The maximum absolute atomic E-state index is 8.84. The van der Waals surface area contributed by atoms with Gasteiger partial charge in [0.25, 0.3) is 0 Å². The van der Waals surface area contributed by atoms with Crippen LogP contribution in [0.25, 0.3) is 5.65 Å². The summed E-state index contributed by atoms with van der Waals surface area (Å²) in [7, 11) is 0. The molecular formula is C13H17N3. The number of hydrogen-bond donors (Lipinski definition) is 0. The number of nitrogens with zero attached hydrogens (tertiary/aromatic N) is 3. The second-order valence-corrected chi connectivity index (χ2v) is 3.60. The Bertz CT molecular complexity index is 503. The summed E-state index contributed by atoms with van der Waals surface area (Å²) in [5, 5.41) is 8.84. The van der Waals surface area contributed by atoms with Crippen molar-refractivity contribution in [2.45, 2.75) is 33.6 Å². The molecule has 3 heteroatoms. The van der Waals surface area contributed by atoms with Crippen LogP contribution in [0.5, 0.6) is 0 Å². The van der Waals surface area contributed by atoms with Crippen molar-refractivity contribution < 1.29 is 0 Å². The van der Waals surface area contributed by atoms with Gasteiger partial charge in [0.1, 0.15) is 17.4 Å². The van der Waals surface area contributed by atoms with Crippen LogP contribution >= 0.6 is 0 Å². The molecule has 0 N–H and O–H groups in total. The lowest BCUT2D eigenvalue weighted by Gasteiger charge is -2.05. The lowest BCUT2D eigenvalue weighted by atomic mass is 10.1. The van der Waals surface area contributed by atoms with Crippen molar-refractivity contribution in [2.24, 2.45) is 0 Å². The molecule has 0 saturated carbocycles. The van der Waals surface area contributed by atoms with E-state index < -0.39 is 0 Å². The zero-order valence-electron chi connectivity index (χ0n) is 10.2. The normalized spacial score (nSPS) is 9.75. The minimum absolute atomic E-state index is 0.466. The highest BCUT2D eigenvalue weighted by Gasteiger charge is 2.04. The first-order valence-corrected chi connectivity index (χ1v) is 5.59. The highest BCUT2D eigenvalue weighted by atomic mass is 15.0. The van der Waals surface area contributed by atoms with Gasteiger partial charge in [-0.1, -0.05) is 33.8 Å². The molecule has 16 heavy (non-hydrogen) atoms. The molecule has 0 radical (unpaired) electrons. The topological polar surface area (TPSA) is 41.1 Å². The van der Waals surface area contributed by atoms with Gasteiger partial charge in [0, 0.05) is 6.20 Å². The highest BCUT2D eigenvalue weighted by molar-refractivity contribution is 5.45. The number of imidazole rings is 1. The molecule has 2 rings (SSSR count). The monoisotopic (exact) mass is 215 g/mol. The Morgan fingerprint density at radius 3 is 2.56 bits per heavy atom. The Morgan fingerprint density at radius 1 is 1.31 bits per heavy atom. The molecule has 0 saturated heterocycles. The van der Waals surface area contributed by atoms with Crippen LogP contribution in [0.15, 0.2) is 24.5 Å². The summed E-state index contributed by atoms with van der Waals surface area (Å²) >= 11 is 0. The number of rotatable bonds is 1. The molecule has 0 amide bonds. The molecule has 0 bridgehead atoms. The van der Waals surface area contributed by atoms with Gasteiger partial charge in [-0.25, -0.2) is 4.98 Å². The van der Waals surface area contributed by atoms with Crippen LogP contribution in [0, 0.1) is 11.3 Å². The van der Waals surface area contributed by atoms with Crippen LogP contribution in [-0.2, 0) is 0 Å². The van der Waals surface area contributed by atoms with Gasteiger partial charge in [-0.3, -0.25) is 4.40 Å². The van der Waals surface area contributed by atoms with Crippen molar-refractivity contribution in [1.29, 1.82) is 5.26 Å². The van der Waals surface area contributed by atoms with Gasteiger partial charge in [0.15, 0.2) is 0 Å². The molecular weight excluding hydrogens is 198 g/mol. The van der Waals surface area contributed by atoms with Gasteiger partial charge in [-0.15, -0.1) is 0 Å². The van der Waals surface area contributed by atoms with E-state index in [4.69, 9.17) is 5.26 Å². The summed E-state index contributed by atoms with van der Waals surface area (Å²) < 4.78 is 1.83. The van der Waals surface area contributed by atoms with E-state index in [-0.39, 0.29) is 0 Å². The van der Waals surface area contributed by atoms with Crippen molar-refractivity contribution in [3.8, 4) is 6.07 Å². The van der Waals surface area contributed by atoms with E-state index in [0.717, 1.165) is 5.65 Å². The fraction of sp³-hybridized carbons (Fsp3) is 0.385. The predicted octanol–water partition coefficient (Wildman–Crippen LogP) is 3.36. The third kappa shape index (κ3) is 2.22. The van der Waals surface area contributed by atoms with Gasteiger partial charge < -0.3 is 0 Å². The SMILES string of the molecule is CC.CC(C)c1ccc2ncc(C#N)n2c1. The Hall–Kier alpha value is -1.82. The fourth-order valence-corrected chi connectivity index (χ4v) is 1.42. The lowest BCUT2D eigenvalue weighted by Crippen LogP contribution is -1.93. The van der Waals surface area contributed by atoms with Gasteiger partial charge in [-0.2, -0.15) is 5.26 Å². The summed E-state index contributed by atoms with van der Waals surface area (Å²) in [6.45, 7) is 8.26. The standard InChI is InChI=1S/C11H11N3.C2H6/c1-8(2)9-3-4-11-13-6-10(5-12)14(11)7-9;1-2/h3-4,6-8H,1-2H3;1-2H3. The molecule has 0 spiro atoms. The van der Waals surface area contributed by atoms with Crippen molar-refractivity contribution >= 4 is 5.65 Å². The first-order chi connectivity index (χ1) is 7.72. The molecule has 0 aromatic carbocycles. The van der Waals surface area contributed by atoms with E-state index in [2.05, 4.69) is 24.9 Å². The lowest BCUT2D eigenvalue weighted by molar-refractivity contribution is 0.853. The Morgan fingerprint density at radius 2 is 2.00 bits per heavy atom. The molecule has 0 aliphatic heterocycles. The van der Waals surface area contributed by atoms with E-state index in [0.29, 0.717) is 11.6 Å². The summed E-state index contributed by atoms with van der Waals surface area (Å²) in [4.78, 5) is 4.13. The van der Waals surface area contributed by atoms with Crippen molar-refractivity contribution in [3.05, 3.63) is 35.8 Å². The quantitative estimate of drug-likeness (QED) is 0.732. The van der Waals surface area contributed by atoms with E-state index in [9.17, 15) is 0 Å². The first-order valence-electron chi connectivity index (χ1n) is 5.59. The zero-order valence-corrected chi connectivity index (χ0v) is 10.2. The maximum atomic E-state index is 8.84. The number of hydrogen-bond acceptors (Lipinski definition) is 2. The average molecular weight is 215 g/mol. The summed E-state index contributed by atoms with van der Waals surface area (Å²) in [5.74, 6) is 0.466. The van der Waals surface area contributed by atoms with Crippen LogP contribution in [0.1, 0.15) is 44.9 Å². The van der Waals surface area contributed by atoms with Crippen LogP contribution in [0.3, 0.4) is 0 Å². The van der Waals surface area contributed by atoms with Crippen molar-refractivity contribution in [2.75, 3.05) is 0 Å². The number of nitriles is 1. The highest BCUT2D eigenvalue weighted by Crippen LogP contribution is 2.15. The van der Waals surface area contributed by atoms with Gasteiger partial charge in [-0.05, 0) is 17.5 Å². The molecule has 2 aromatic rings. The molecule has 0 aliphatic carbocycles. The number of aromatic nitrogens is 2. The largest absolute Gasteiger partial charge is 0.291 e. The van der Waals surface area contributed by atoms with E-state index in [1.165, 1.54) is 5.56 Å². The number of fused-ring (bicyclic) bond motifs is 1. The van der Waals surface area contributed by atoms with Crippen molar-refractivity contribution in [1.82, 2.24) is 9.38 Å². The second kappa shape index (κ2) is 5.32. The van der Waals surface area contributed by atoms with Crippen LogP contribution < -0.4 is 0 Å². The second-order valence-electron chi connectivity index (χ2n) is 3.60. The number of pyridine rings is 1. The first kappa shape index (κ1) is 12.3. The Balaban J connectivity index is 0.000000606. The third-order valence-corrected chi connectivity index (χ3v) is 2.31.